The predicted molar refractivity (Wildman–Crippen MR) is 56.5 cm³/mol. The van der Waals surface area contributed by atoms with Gasteiger partial charge in [-0.05, 0) is 6.92 Å². The Balaban J connectivity index is 2.53. The van der Waals surface area contributed by atoms with Crippen molar-refractivity contribution in [3.63, 3.8) is 0 Å². The summed E-state index contributed by atoms with van der Waals surface area (Å²) >= 11 is 5.44. The van der Waals surface area contributed by atoms with E-state index in [1.54, 1.807) is 0 Å². The van der Waals surface area contributed by atoms with Crippen LogP contribution < -0.4 is 0 Å². The fraction of sp³-hybridized carbons (Fsp3) is 0.875. The van der Waals surface area contributed by atoms with Gasteiger partial charge in [-0.25, -0.2) is 14.5 Å². The largest absolute Gasteiger partial charge is 0.510 e. The van der Waals surface area contributed by atoms with Crippen molar-refractivity contribution >= 4 is 17.8 Å². The Labute approximate surface area is 118 Å². The topological polar surface area (TPSA) is 141 Å². The summed E-state index contributed by atoms with van der Waals surface area (Å²) in [5, 5.41) is 33.2. The van der Waals surface area contributed by atoms with Crippen LogP contribution in [0.1, 0.15) is 19.8 Å². The highest BCUT2D eigenvalue weighted by molar-refractivity contribution is 6.19. The smallest absolute Gasteiger partial charge is 0.431 e. The predicted octanol–water partition coefficient (Wildman–Crippen LogP) is 0.648. The molecule has 0 radical (unpaired) electrons. The van der Waals surface area contributed by atoms with Gasteiger partial charge in [-0.1, -0.05) is 11.6 Å². The molecule has 0 spiro atoms. The maximum atomic E-state index is 11.2. The van der Waals surface area contributed by atoms with E-state index < -0.39 is 40.8 Å². The quantitative estimate of drug-likeness (QED) is 0.311. The zero-order valence-electron chi connectivity index (χ0n) is 10.3. The van der Waals surface area contributed by atoms with Gasteiger partial charge in [0, 0.05) is 12.8 Å². The first-order valence-corrected chi connectivity index (χ1v) is 5.92. The second kappa shape index (κ2) is 7.87. The molecule has 4 atom stereocenters. The molecule has 0 amide bonds. The lowest BCUT2D eigenvalue weighted by Gasteiger charge is -2.20. The SMILES string of the molecule is CC(Cl)OC(=O)OC1C[C@H](ON(O)O)[C@H](ON(O)O)C1. The maximum Gasteiger partial charge on any atom is 0.510 e. The molecule has 1 rings (SSSR count). The minimum atomic E-state index is -1.02. The summed E-state index contributed by atoms with van der Waals surface area (Å²) in [5.74, 6) is 0. The van der Waals surface area contributed by atoms with E-state index in [1.165, 1.54) is 6.92 Å². The zero-order chi connectivity index (χ0) is 15.3. The molecule has 11 nitrogen and oxygen atoms in total. The van der Waals surface area contributed by atoms with E-state index in [2.05, 4.69) is 14.4 Å². The molecule has 0 aliphatic heterocycles. The van der Waals surface area contributed by atoms with Gasteiger partial charge in [0.25, 0.3) is 0 Å². The summed E-state index contributed by atoms with van der Waals surface area (Å²) in [7, 11) is 0. The molecule has 0 aromatic carbocycles. The number of halogens is 1. The Morgan fingerprint density at radius 1 is 1.15 bits per heavy atom. The summed E-state index contributed by atoms with van der Waals surface area (Å²) in [6.45, 7) is 1.42. The number of ether oxygens (including phenoxy) is 2. The fourth-order valence-corrected chi connectivity index (χ4v) is 1.85. The van der Waals surface area contributed by atoms with E-state index in [0.717, 1.165) is 0 Å². The van der Waals surface area contributed by atoms with Crippen molar-refractivity contribution in [3.8, 4) is 0 Å². The first-order valence-electron chi connectivity index (χ1n) is 5.48. The molecule has 118 valence electrons. The van der Waals surface area contributed by atoms with Crippen LogP contribution in [0.4, 0.5) is 4.79 Å². The molecular formula is C8H15ClN2O9. The van der Waals surface area contributed by atoms with Crippen LogP contribution in [0.15, 0.2) is 0 Å². The number of rotatable bonds is 6. The summed E-state index contributed by atoms with van der Waals surface area (Å²) in [4.78, 5) is 20.3. The summed E-state index contributed by atoms with van der Waals surface area (Å²) in [6, 6.07) is 0. The van der Waals surface area contributed by atoms with Crippen molar-refractivity contribution < 1.29 is 44.8 Å². The van der Waals surface area contributed by atoms with Crippen molar-refractivity contribution in [2.24, 2.45) is 0 Å². The van der Waals surface area contributed by atoms with Crippen molar-refractivity contribution in [2.75, 3.05) is 0 Å². The summed E-state index contributed by atoms with van der Waals surface area (Å²) in [6.07, 6.45) is -3.78. The average Bonchev–Trinajstić information content (AvgIpc) is 2.56. The van der Waals surface area contributed by atoms with Crippen LogP contribution in [0, 0.1) is 0 Å². The van der Waals surface area contributed by atoms with Gasteiger partial charge in [-0.2, -0.15) is 0 Å². The molecule has 1 aliphatic rings. The van der Waals surface area contributed by atoms with E-state index >= 15 is 0 Å². The molecule has 2 unspecified atom stereocenters. The van der Waals surface area contributed by atoms with Crippen LogP contribution >= 0.6 is 11.6 Å². The standard InChI is InChI=1S/C8H15ClN2O9/c1-4(9)17-8(12)18-5-2-6(19-10(13)14)7(3-5)20-11(15)16/h4-7,13-16H,2-3H2,1H3/t4?,5?,6-,7+. The van der Waals surface area contributed by atoms with Gasteiger partial charge in [-0.15, -0.1) is 0 Å². The van der Waals surface area contributed by atoms with E-state index in [1.807, 2.05) is 0 Å². The summed E-state index contributed by atoms with van der Waals surface area (Å²) < 4.78 is 9.43. The van der Waals surface area contributed by atoms with Gasteiger partial charge < -0.3 is 9.47 Å². The third kappa shape index (κ3) is 6.13. The molecule has 20 heavy (non-hydrogen) atoms. The molecular weight excluding hydrogens is 304 g/mol. The Kier molecular flexibility index (Phi) is 6.81. The first-order chi connectivity index (χ1) is 9.27. The number of alkyl halides is 1. The molecule has 0 saturated heterocycles. The Morgan fingerprint density at radius 3 is 1.95 bits per heavy atom. The number of nitrogens with zero attached hydrogens (tertiary/aromatic N) is 2. The van der Waals surface area contributed by atoms with Gasteiger partial charge >= 0.3 is 6.16 Å². The Hall–Kier alpha value is -0.760. The van der Waals surface area contributed by atoms with Crippen molar-refractivity contribution in [2.45, 2.75) is 43.6 Å². The van der Waals surface area contributed by atoms with E-state index in [4.69, 9.17) is 37.2 Å². The summed E-state index contributed by atoms with van der Waals surface area (Å²) in [5.41, 5.74) is -0.876. The van der Waals surface area contributed by atoms with E-state index in [-0.39, 0.29) is 12.8 Å². The molecule has 0 aromatic rings. The highest BCUT2D eigenvalue weighted by Gasteiger charge is 2.41. The average molecular weight is 319 g/mol. The lowest BCUT2D eigenvalue weighted by Crippen LogP contribution is -2.35. The molecule has 0 aromatic heterocycles. The third-order valence-electron chi connectivity index (χ3n) is 2.39. The molecule has 1 saturated carbocycles. The van der Waals surface area contributed by atoms with Crippen molar-refractivity contribution in [1.29, 1.82) is 0 Å². The van der Waals surface area contributed by atoms with Crippen LogP contribution in [0.25, 0.3) is 0 Å². The molecule has 1 fully saturated rings. The van der Waals surface area contributed by atoms with Crippen LogP contribution in [-0.2, 0) is 19.1 Å². The zero-order valence-corrected chi connectivity index (χ0v) is 11.1. The second-order valence-corrected chi connectivity index (χ2v) is 4.53. The number of hydrogen-bond acceptors (Lipinski definition) is 11. The van der Waals surface area contributed by atoms with Gasteiger partial charge in [0.05, 0.1) is 10.8 Å². The highest BCUT2D eigenvalue weighted by Crippen LogP contribution is 2.28. The Bertz CT molecular complexity index is 298. The first kappa shape index (κ1) is 17.3. The molecule has 0 heterocycles. The molecule has 12 heteroatoms. The molecule has 4 N–H and O–H groups in total. The second-order valence-electron chi connectivity index (χ2n) is 3.92. The molecule has 0 bridgehead atoms. The van der Waals surface area contributed by atoms with Gasteiger partial charge in [-0.3, -0.25) is 20.8 Å². The van der Waals surface area contributed by atoms with E-state index in [0.29, 0.717) is 0 Å². The lowest BCUT2D eigenvalue weighted by molar-refractivity contribution is -0.535. The highest BCUT2D eigenvalue weighted by atomic mass is 35.5. The van der Waals surface area contributed by atoms with Crippen LogP contribution in [0.5, 0.6) is 0 Å². The van der Waals surface area contributed by atoms with Crippen LogP contribution in [-0.4, -0.2) is 61.6 Å². The lowest BCUT2D eigenvalue weighted by atomic mass is 10.3. The minimum Gasteiger partial charge on any atom is -0.431 e. The van der Waals surface area contributed by atoms with Crippen molar-refractivity contribution in [1.82, 2.24) is 10.8 Å². The van der Waals surface area contributed by atoms with Gasteiger partial charge in [0.15, 0.2) is 5.56 Å². The van der Waals surface area contributed by atoms with E-state index in [9.17, 15) is 4.79 Å². The number of carbonyl (C=O) groups is 1. The number of carbonyl (C=O) groups excluding carboxylic acids is 1. The fourth-order valence-electron chi connectivity index (χ4n) is 1.77. The van der Waals surface area contributed by atoms with Gasteiger partial charge in [0.2, 0.25) is 0 Å². The number of hydrogen-bond donors (Lipinski definition) is 4. The third-order valence-corrected chi connectivity index (χ3v) is 2.48. The van der Waals surface area contributed by atoms with Crippen LogP contribution in [0.2, 0.25) is 0 Å². The molecule has 1 aliphatic carbocycles. The normalized spacial score (nSPS) is 27.9. The van der Waals surface area contributed by atoms with Gasteiger partial charge in [0.1, 0.15) is 18.3 Å². The van der Waals surface area contributed by atoms with Crippen LogP contribution in [0.3, 0.4) is 0 Å². The van der Waals surface area contributed by atoms with Crippen molar-refractivity contribution in [3.05, 3.63) is 0 Å². The maximum absolute atomic E-state index is 11.2. The minimum absolute atomic E-state index is 0.00188. The Morgan fingerprint density at radius 2 is 1.60 bits per heavy atom. The monoisotopic (exact) mass is 318 g/mol.